The van der Waals surface area contributed by atoms with Gasteiger partial charge in [0.25, 0.3) is 0 Å². The highest BCUT2D eigenvalue weighted by Crippen LogP contribution is 2.54. The Bertz CT molecular complexity index is 912. The Balaban J connectivity index is 1.54. The number of methoxy groups -OCH3 is 2. The molecular weight excluding hydrogens is 372 g/mol. The molecule has 5 atom stereocenters. The number of anilines is 1. The van der Waals surface area contributed by atoms with Crippen LogP contribution in [-0.2, 0) is 24.5 Å². The number of amides is 1. The highest BCUT2D eigenvalue weighted by Gasteiger charge is 2.61. The molecule has 4 heterocycles. The fourth-order valence-electron chi connectivity index (χ4n) is 5.93. The van der Waals surface area contributed by atoms with Crippen molar-refractivity contribution in [1.82, 2.24) is 4.90 Å². The Kier molecular flexibility index (Phi) is 4.13. The van der Waals surface area contributed by atoms with Crippen LogP contribution in [0.15, 0.2) is 30.0 Å². The zero-order valence-electron chi connectivity index (χ0n) is 16.9. The maximum Gasteiger partial charge on any atom is 0.337 e. The second kappa shape index (κ2) is 6.49. The maximum absolute atomic E-state index is 13.3. The van der Waals surface area contributed by atoms with Crippen molar-refractivity contribution in [2.75, 3.05) is 32.6 Å². The minimum atomic E-state index is -0.588. The quantitative estimate of drug-likeness (QED) is 0.769. The first-order chi connectivity index (χ1) is 14.0. The minimum absolute atomic E-state index is 0.0255. The number of benzene rings is 1. The average Bonchev–Trinajstić information content (AvgIpc) is 3.25. The first kappa shape index (κ1) is 18.5. The van der Waals surface area contributed by atoms with Crippen LogP contribution < -0.4 is 10.1 Å². The zero-order chi connectivity index (χ0) is 20.3. The Morgan fingerprint density at radius 2 is 2.17 bits per heavy atom. The molecule has 4 aliphatic heterocycles. The number of fused-ring (bicyclic) bond motifs is 5. The van der Waals surface area contributed by atoms with Crippen LogP contribution in [0.3, 0.4) is 0 Å². The molecule has 0 aromatic heterocycles. The standard InChI is InChI=1S/C22H26N2O5/c1-12-15-10-24-7-6-22(17-5-4-13(27-2)8-18(17)23-21(22)26)19(24)9-14(15)16(11-29-12)20(25)28-3/h4-5,8,11-12,14-15,19H,6-7,9-10H2,1-3H3,(H,23,26)/t12-,14+,15-,19-,22+/m1/s1. The van der Waals surface area contributed by atoms with Crippen LogP contribution in [0.25, 0.3) is 0 Å². The van der Waals surface area contributed by atoms with E-state index in [4.69, 9.17) is 14.2 Å². The van der Waals surface area contributed by atoms with E-state index in [0.717, 1.165) is 42.9 Å². The molecule has 4 aliphatic rings. The maximum atomic E-state index is 13.3. The fraction of sp³-hybridized carbons (Fsp3) is 0.545. The van der Waals surface area contributed by atoms with Crippen LogP contribution in [0.1, 0.15) is 25.3 Å². The lowest BCUT2D eigenvalue weighted by atomic mass is 9.66. The molecule has 0 radical (unpaired) electrons. The van der Waals surface area contributed by atoms with Gasteiger partial charge in [0.2, 0.25) is 5.91 Å². The Morgan fingerprint density at radius 3 is 2.93 bits per heavy atom. The molecule has 29 heavy (non-hydrogen) atoms. The van der Waals surface area contributed by atoms with Gasteiger partial charge in [-0.25, -0.2) is 4.79 Å². The van der Waals surface area contributed by atoms with Crippen LogP contribution in [0.5, 0.6) is 5.75 Å². The number of nitrogens with one attached hydrogen (secondary N) is 1. The molecule has 1 amide bonds. The molecule has 2 fully saturated rings. The van der Waals surface area contributed by atoms with Crippen molar-refractivity contribution in [3.8, 4) is 5.75 Å². The van der Waals surface area contributed by atoms with Crippen LogP contribution in [0.4, 0.5) is 5.69 Å². The number of ether oxygens (including phenoxy) is 3. The first-order valence-corrected chi connectivity index (χ1v) is 10.2. The molecule has 0 unspecified atom stereocenters. The molecule has 0 aliphatic carbocycles. The van der Waals surface area contributed by atoms with Gasteiger partial charge in [0.05, 0.1) is 37.6 Å². The molecule has 1 N–H and O–H groups in total. The molecule has 7 heteroatoms. The summed E-state index contributed by atoms with van der Waals surface area (Å²) in [4.78, 5) is 28.1. The second-order valence-corrected chi connectivity index (χ2v) is 8.51. The number of carbonyl (C=O) groups is 2. The summed E-state index contributed by atoms with van der Waals surface area (Å²) in [6.07, 6.45) is 3.11. The van der Waals surface area contributed by atoms with Gasteiger partial charge in [0.15, 0.2) is 0 Å². The third-order valence-electron chi connectivity index (χ3n) is 7.44. The normalized spacial score (nSPS) is 35.1. The lowest BCUT2D eigenvalue weighted by Crippen LogP contribution is -2.56. The second-order valence-electron chi connectivity index (χ2n) is 8.51. The lowest BCUT2D eigenvalue weighted by Gasteiger charge is -2.48. The molecule has 1 aromatic rings. The SMILES string of the molecule is COC(=O)C1=CO[C@H](C)[C@H]2CN3CC[C@@]4(C(=O)Nc5cc(OC)ccc54)[C@H]3C[C@H]12. The van der Waals surface area contributed by atoms with E-state index in [9.17, 15) is 9.59 Å². The number of piperidine rings is 1. The van der Waals surface area contributed by atoms with Gasteiger partial charge in [-0.15, -0.1) is 0 Å². The fourth-order valence-corrected chi connectivity index (χ4v) is 5.93. The largest absolute Gasteiger partial charge is 0.497 e. The summed E-state index contributed by atoms with van der Waals surface area (Å²) in [7, 11) is 3.02. The lowest BCUT2D eigenvalue weighted by molar-refractivity contribution is -0.139. The molecule has 154 valence electrons. The number of nitrogens with zero attached hydrogens (tertiary/aromatic N) is 1. The van der Waals surface area contributed by atoms with Crippen LogP contribution in [-0.4, -0.2) is 56.2 Å². The summed E-state index contributed by atoms with van der Waals surface area (Å²) in [6, 6.07) is 5.88. The first-order valence-electron chi connectivity index (χ1n) is 10.2. The van der Waals surface area contributed by atoms with E-state index >= 15 is 0 Å². The average molecular weight is 398 g/mol. The van der Waals surface area contributed by atoms with E-state index in [1.807, 2.05) is 18.2 Å². The molecule has 2 saturated heterocycles. The van der Waals surface area contributed by atoms with Crippen molar-refractivity contribution in [3.05, 3.63) is 35.6 Å². The minimum Gasteiger partial charge on any atom is -0.497 e. The van der Waals surface area contributed by atoms with E-state index in [-0.39, 0.29) is 35.9 Å². The Morgan fingerprint density at radius 1 is 1.34 bits per heavy atom. The van der Waals surface area contributed by atoms with Crippen molar-refractivity contribution in [2.24, 2.45) is 11.8 Å². The van der Waals surface area contributed by atoms with Gasteiger partial charge in [-0.2, -0.15) is 0 Å². The molecule has 1 aromatic carbocycles. The molecular formula is C22H26N2O5. The van der Waals surface area contributed by atoms with Gasteiger partial charge < -0.3 is 19.5 Å². The number of carbonyl (C=O) groups excluding carboxylic acids is 2. The van der Waals surface area contributed by atoms with E-state index < -0.39 is 5.41 Å². The van der Waals surface area contributed by atoms with Gasteiger partial charge in [-0.3, -0.25) is 9.69 Å². The molecule has 7 nitrogen and oxygen atoms in total. The van der Waals surface area contributed by atoms with Gasteiger partial charge >= 0.3 is 5.97 Å². The molecule has 1 spiro atoms. The van der Waals surface area contributed by atoms with Gasteiger partial charge in [0.1, 0.15) is 5.75 Å². The predicted octanol–water partition coefficient (Wildman–Crippen LogP) is 2.07. The number of hydrogen-bond donors (Lipinski definition) is 1. The summed E-state index contributed by atoms with van der Waals surface area (Å²) in [5.41, 5.74) is 1.88. The van der Waals surface area contributed by atoms with Crippen molar-refractivity contribution < 1.29 is 23.8 Å². The summed E-state index contributed by atoms with van der Waals surface area (Å²) < 4.78 is 16.1. The van der Waals surface area contributed by atoms with Crippen molar-refractivity contribution in [2.45, 2.75) is 37.3 Å². The third-order valence-corrected chi connectivity index (χ3v) is 7.44. The van der Waals surface area contributed by atoms with Crippen molar-refractivity contribution >= 4 is 17.6 Å². The van der Waals surface area contributed by atoms with E-state index in [1.165, 1.54) is 7.11 Å². The van der Waals surface area contributed by atoms with Crippen molar-refractivity contribution in [3.63, 3.8) is 0 Å². The van der Waals surface area contributed by atoms with Crippen LogP contribution in [0.2, 0.25) is 0 Å². The van der Waals surface area contributed by atoms with E-state index in [2.05, 4.69) is 17.1 Å². The van der Waals surface area contributed by atoms with Gasteiger partial charge in [0, 0.05) is 36.2 Å². The summed E-state index contributed by atoms with van der Waals surface area (Å²) in [6.45, 7) is 3.72. The van der Waals surface area contributed by atoms with Gasteiger partial charge in [-0.1, -0.05) is 6.07 Å². The topological polar surface area (TPSA) is 77.1 Å². The number of esters is 1. The highest BCUT2D eigenvalue weighted by atomic mass is 16.5. The number of hydrogen-bond acceptors (Lipinski definition) is 6. The van der Waals surface area contributed by atoms with Crippen LogP contribution in [0, 0.1) is 11.8 Å². The van der Waals surface area contributed by atoms with Crippen LogP contribution >= 0.6 is 0 Å². The molecule has 0 bridgehead atoms. The number of rotatable bonds is 2. The highest BCUT2D eigenvalue weighted by molar-refractivity contribution is 6.07. The summed E-state index contributed by atoms with van der Waals surface area (Å²) in [5, 5.41) is 3.09. The van der Waals surface area contributed by atoms with Gasteiger partial charge in [-0.05, 0) is 37.9 Å². The molecule has 0 saturated carbocycles. The summed E-state index contributed by atoms with van der Waals surface area (Å²) >= 11 is 0. The van der Waals surface area contributed by atoms with E-state index in [1.54, 1.807) is 13.4 Å². The predicted molar refractivity (Wildman–Crippen MR) is 106 cm³/mol. The zero-order valence-corrected chi connectivity index (χ0v) is 16.9. The monoisotopic (exact) mass is 398 g/mol. The Hall–Kier alpha value is -2.54. The van der Waals surface area contributed by atoms with Crippen molar-refractivity contribution in [1.29, 1.82) is 0 Å². The van der Waals surface area contributed by atoms with E-state index in [0.29, 0.717) is 5.57 Å². The Labute approximate surface area is 170 Å². The molecule has 5 rings (SSSR count). The third kappa shape index (κ3) is 2.46. The smallest absolute Gasteiger partial charge is 0.337 e. The summed E-state index contributed by atoms with van der Waals surface area (Å²) in [5.74, 6) is 0.676.